The van der Waals surface area contributed by atoms with Gasteiger partial charge in [0.1, 0.15) is 11.1 Å². The highest BCUT2D eigenvalue weighted by molar-refractivity contribution is 7.92. The fraction of sp³-hybridized carbons (Fsp3) is 0.588. The summed E-state index contributed by atoms with van der Waals surface area (Å²) in [4.78, 5) is 15.1. The van der Waals surface area contributed by atoms with Crippen molar-refractivity contribution in [1.29, 1.82) is 0 Å². The summed E-state index contributed by atoms with van der Waals surface area (Å²) in [6.45, 7) is 1.27. The van der Waals surface area contributed by atoms with Crippen LogP contribution >= 0.6 is 0 Å². The number of benzene rings is 1. The molecule has 1 aromatic carbocycles. The molecule has 3 nitrogen and oxygen atoms in total. The van der Waals surface area contributed by atoms with Crippen molar-refractivity contribution in [3.05, 3.63) is 30.1 Å². The van der Waals surface area contributed by atoms with Crippen molar-refractivity contribution < 1.29 is 13.7 Å². The number of hydrogen-bond acceptors (Lipinski definition) is 2. The number of halogens is 1. The number of amides is 1. The summed E-state index contributed by atoms with van der Waals surface area (Å²) >= 11 is -1.17. The van der Waals surface area contributed by atoms with Crippen LogP contribution in [-0.4, -0.2) is 33.7 Å². The monoisotopic (exact) mass is 323 g/mol. The first-order chi connectivity index (χ1) is 10.6. The van der Waals surface area contributed by atoms with Gasteiger partial charge in [0, 0.05) is 18.9 Å². The van der Waals surface area contributed by atoms with Crippen LogP contribution in [0.15, 0.2) is 29.2 Å². The fourth-order valence-corrected chi connectivity index (χ4v) is 4.90. The predicted octanol–water partition coefficient (Wildman–Crippen LogP) is 3.11. The Morgan fingerprint density at radius 3 is 2.50 bits per heavy atom. The first-order valence-corrected chi connectivity index (χ1v) is 9.31. The molecule has 1 heterocycles. The first kappa shape index (κ1) is 15.8. The number of likely N-dealkylation sites (tertiary alicyclic amines) is 1. The van der Waals surface area contributed by atoms with Gasteiger partial charge in [0.05, 0.1) is 6.54 Å². The van der Waals surface area contributed by atoms with E-state index in [1.807, 2.05) is 4.90 Å². The van der Waals surface area contributed by atoms with Crippen molar-refractivity contribution in [2.45, 2.75) is 48.7 Å². The minimum Gasteiger partial charge on any atom is -0.611 e. The normalized spacial score (nSPS) is 24.5. The van der Waals surface area contributed by atoms with Crippen LogP contribution in [0.1, 0.15) is 38.5 Å². The molecule has 22 heavy (non-hydrogen) atoms. The summed E-state index contributed by atoms with van der Waals surface area (Å²) in [5.74, 6) is 0.103. The number of rotatable bonds is 3. The Hall–Kier alpha value is -1.07. The van der Waals surface area contributed by atoms with Crippen LogP contribution in [0.2, 0.25) is 0 Å². The number of nitrogens with zero attached hydrogens (tertiary/aromatic N) is 1. The van der Waals surface area contributed by atoms with E-state index in [0.717, 1.165) is 32.1 Å². The average molecular weight is 323 g/mol. The molecule has 1 saturated carbocycles. The van der Waals surface area contributed by atoms with Gasteiger partial charge in [0.15, 0.2) is 4.90 Å². The molecule has 2 aliphatic rings. The third-order valence-corrected chi connectivity index (χ3v) is 6.49. The molecule has 0 N–H and O–H groups in total. The SMILES string of the molecule is O=C(C1CCCCC1)N1CCC([S+]([O-])c2ccc(F)cc2)C1. The Labute approximate surface area is 134 Å². The zero-order valence-corrected chi connectivity index (χ0v) is 13.5. The lowest BCUT2D eigenvalue weighted by molar-refractivity contribution is -0.135. The third kappa shape index (κ3) is 3.46. The smallest absolute Gasteiger partial charge is 0.225 e. The van der Waals surface area contributed by atoms with E-state index in [4.69, 9.17) is 0 Å². The molecular formula is C17H22FNO2S. The lowest BCUT2D eigenvalue weighted by Crippen LogP contribution is -2.37. The van der Waals surface area contributed by atoms with Crippen LogP contribution < -0.4 is 0 Å². The van der Waals surface area contributed by atoms with Crippen LogP contribution in [0.4, 0.5) is 4.39 Å². The van der Waals surface area contributed by atoms with E-state index in [-0.39, 0.29) is 22.9 Å². The van der Waals surface area contributed by atoms with Gasteiger partial charge in [-0.25, -0.2) is 4.39 Å². The quantitative estimate of drug-likeness (QED) is 0.802. The molecule has 0 bridgehead atoms. The molecule has 0 aromatic heterocycles. The van der Waals surface area contributed by atoms with Crippen LogP contribution in [0.25, 0.3) is 0 Å². The standard InChI is InChI=1S/C17H22FNO2S/c18-14-6-8-15(9-7-14)22(21)16-10-11-19(12-16)17(20)13-4-2-1-3-5-13/h6-9,13,16H,1-5,10-12H2. The lowest BCUT2D eigenvalue weighted by Gasteiger charge is -2.26. The molecule has 2 atom stereocenters. The molecule has 1 amide bonds. The van der Waals surface area contributed by atoms with Crippen molar-refractivity contribution >= 4 is 17.1 Å². The second-order valence-electron chi connectivity index (χ2n) is 6.28. The minimum absolute atomic E-state index is 0.0296. The van der Waals surface area contributed by atoms with Crippen LogP contribution in [0, 0.1) is 11.7 Å². The van der Waals surface area contributed by atoms with Gasteiger partial charge in [-0.1, -0.05) is 19.3 Å². The van der Waals surface area contributed by atoms with Crippen molar-refractivity contribution in [2.24, 2.45) is 5.92 Å². The maximum absolute atomic E-state index is 12.9. The summed E-state index contributed by atoms with van der Waals surface area (Å²) < 4.78 is 25.5. The maximum Gasteiger partial charge on any atom is 0.225 e. The highest BCUT2D eigenvalue weighted by Crippen LogP contribution is 2.29. The number of carbonyl (C=O) groups excluding carboxylic acids is 1. The molecule has 1 saturated heterocycles. The van der Waals surface area contributed by atoms with Gasteiger partial charge >= 0.3 is 0 Å². The van der Waals surface area contributed by atoms with Crippen LogP contribution in [0.5, 0.6) is 0 Å². The summed E-state index contributed by atoms with van der Waals surface area (Å²) in [7, 11) is 0. The van der Waals surface area contributed by atoms with Crippen molar-refractivity contribution in [2.75, 3.05) is 13.1 Å². The largest absolute Gasteiger partial charge is 0.611 e. The molecule has 1 aliphatic carbocycles. The van der Waals surface area contributed by atoms with E-state index in [2.05, 4.69) is 0 Å². The topological polar surface area (TPSA) is 43.4 Å². The second kappa shape index (κ2) is 7.01. The first-order valence-electron chi connectivity index (χ1n) is 8.10. The van der Waals surface area contributed by atoms with Gasteiger partial charge in [-0.05, 0) is 48.3 Å². The maximum atomic E-state index is 12.9. The Balaban J connectivity index is 1.59. The predicted molar refractivity (Wildman–Crippen MR) is 84.4 cm³/mol. The average Bonchev–Trinajstić information content (AvgIpc) is 3.05. The number of hydrogen-bond donors (Lipinski definition) is 0. The van der Waals surface area contributed by atoms with Gasteiger partial charge in [0.25, 0.3) is 0 Å². The highest BCUT2D eigenvalue weighted by atomic mass is 32.2. The van der Waals surface area contributed by atoms with Gasteiger partial charge in [-0.15, -0.1) is 0 Å². The van der Waals surface area contributed by atoms with Gasteiger partial charge in [-0.3, -0.25) is 4.79 Å². The Morgan fingerprint density at radius 2 is 1.82 bits per heavy atom. The molecule has 5 heteroatoms. The van der Waals surface area contributed by atoms with E-state index in [0.29, 0.717) is 18.0 Å². The van der Waals surface area contributed by atoms with Crippen molar-refractivity contribution in [3.63, 3.8) is 0 Å². The van der Waals surface area contributed by atoms with E-state index < -0.39 is 11.2 Å². The Bertz CT molecular complexity index is 516. The molecule has 1 aromatic rings. The van der Waals surface area contributed by atoms with E-state index in [1.54, 1.807) is 12.1 Å². The van der Waals surface area contributed by atoms with Crippen LogP contribution in [0.3, 0.4) is 0 Å². The lowest BCUT2D eigenvalue weighted by atomic mass is 9.88. The fourth-order valence-electron chi connectivity index (χ4n) is 3.47. The molecule has 1 aliphatic heterocycles. The van der Waals surface area contributed by atoms with Crippen molar-refractivity contribution in [3.8, 4) is 0 Å². The minimum atomic E-state index is -1.17. The molecule has 0 spiro atoms. The molecule has 3 rings (SSSR count). The van der Waals surface area contributed by atoms with Crippen molar-refractivity contribution in [1.82, 2.24) is 4.90 Å². The molecule has 0 radical (unpaired) electrons. The summed E-state index contributed by atoms with van der Waals surface area (Å²) in [5, 5.41) is -0.0296. The van der Waals surface area contributed by atoms with Gasteiger partial charge in [0.2, 0.25) is 5.91 Å². The number of carbonyl (C=O) groups is 1. The van der Waals surface area contributed by atoms with E-state index >= 15 is 0 Å². The Kier molecular flexibility index (Phi) is 5.03. The van der Waals surface area contributed by atoms with Crippen LogP contribution in [-0.2, 0) is 16.0 Å². The highest BCUT2D eigenvalue weighted by Gasteiger charge is 2.37. The second-order valence-corrected chi connectivity index (χ2v) is 8.01. The zero-order chi connectivity index (χ0) is 15.5. The van der Waals surface area contributed by atoms with E-state index in [1.165, 1.54) is 18.6 Å². The summed E-state index contributed by atoms with van der Waals surface area (Å²) in [5.41, 5.74) is 0. The molecule has 120 valence electrons. The third-order valence-electron chi connectivity index (χ3n) is 4.76. The van der Waals surface area contributed by atoms with Gasteiger partial charge in [-0.2, -0.15) is 0 Å². The van der Waals surface area contributed by atoms with E-state index in [9.17, 15) is 13.7 Å². The molecule has 2 unspecified atom stereocenters. The Morgan fingerprint density at radius 1 is 1.14 bits per heavy atom. The molecule has 2 fully saturated rings. The summed E-state index contributed by atoms with van der Waals surface area (Å²) in [6, 6.07) is 5.84. The van der Waals surface area contributed by atoms with Gasteiger partial charge < -0.3 is 9.45 Å². The zero-order valence-electron chi connectivity index (χ0n) is 12.7. The molecular weight excluding hydrogens is 301 g/mol. The summed E-state index contributed by atoms with van der Waals surface area (Å²) in [6.07, 6.45) is 6.30.